The molecule has 0 fully saturated rings. The third-order valence-electron chi connectivity index (χ3n) is 4.03. The second-order valence-electron chi connectivity index (χ2n) is 5.28. The van der Waals surface area contributed by atoms with E-state index in [1.54, 1.807) is 0 Å². The van der Waals surface area contributed by atoms with Gasteiger partial charge in [-0.25, -0.2) is 0 Å². The lowest BCUT2D eigenvalue weighted by Crippen LogP contribution is -2.22. The van der Waals surface area contributed by atoms with Crippen molar-refractivity contribution in [1.82, 2.24) is 10.3 Å². The van der Waals surface area contributed by atoms with E-state index < -0.39 is 0 Å². The Labute approximate surface area is 122 Å². The van der Waals surface area contributed by atoms with Crippen LogP contribution in [-0.2, 0) is 13.0 Å². The number of fused-ring (bicyclic) bond motifs is 3. The lowest BCUT2D eigenvalue weighted by molar-refractivity contribution is 0.641. The first-order valence-corrected chi connectivity index (χ1v) is 7.29. The molecule has 0 saturated carbocycles. The molecule has 20 heavy (non-hydrogen) atoms. The quantitative estimate of drug-likeness (QED) is 0.690. The average Bonchev–Trinajstić information content (AvgIpc) is 2.86. The summed E-state index contributed by atoms with van der Waals surface area (Å²) in [6.45, 7) is 2.02. The highest BCUT2D eigenvalue weighted by atomic mass is 35.5. The molecule has 2 nitrogen and oxygen atoms in total. The molecule has 2 heterocycles. The molecular formula is C17H15ClN2. The zero-order valence-corrected chi connectivity index (χ0v) is 11.8. The number of rotatable bonds is 1. The zero-order valence-electron chi connectivity index (χ0n) is 11.0. The maximum absolute atomic E-state index is 5.96. The number of aromatic amines is 1. The molecular weight excluding hydrogens is 268 g/mol. The fraction of sp³-hybridized carbons (Fsp3) is 0.176. The minimum atomic E-state index is 0.776. The van der Waals surface area contributed by atoms with E-state index in [1.165, 1.54) is 33.3 Å². The highest BCUT2D eigenvalue weighted by Gasteiger charge is 2.15. The van der Waals surface area contributed by atoms with Crippen LogP contribution < -0.4 is 5.32 Å². The van der Waals surface area contributed by atoms with Crippen molar-refractivity contribution in [2.75, 3.05) is 6.54 Å². The van der Waals surface area contributed by atoms with Crippen LogP contribution in [0.25, 0.3) is 22.0 Å². The second-order valence-corrected chi connectivity index (χ2v) is 5.71. The van der Waals surface area contributed by atoms with Crippen LogP contribution in [0.3, 0.4) is 0 Å². The molecule has 0 aliphatic carbocycles. The Morgan fingerprint density at radius 3 is 2.60 bits per heavy atom. The summed E-state index contributed by atoms with van der Waals surface area (Å²) in [7, 11) is 0. The van der Waals surface area contributed by atoms with Crippen molar-refractivity contribution in [2.24, 2.45) is 0 Å². The number of H-pyrrole nitrogens is 1. The van der Waals surface area contributed by atoms with Crippen LogP contribution in [0.2, 0.25) is 5.02 Å². The SMILES string of the molecule is Clc1ccc(-c2ccc3[nH]c4c(c3c2)CNCC4)cc1. The molecule has 1 aliphatic rings. The number of hydrogen-bond acceptors (Lipinski definition) is 1. The maximum atomic E-state index is 5.96. The van der Waals surface area contributed by atoms with Crippen LogP contribution in [0.4, 0.5) is 0 Å². The summed E-state index contributed by atoms with van der Waals surface area (Å²) in [5, 5.41) is 5.56. The smallest absolute Gasteiger partial charge is 0.0459 e. The van der Waals surface area contributed by atoms with Crippen molar-refractivity contribution in [3.8, 4) is 11.1 Å². The number of aromatic nitrogens is 1. The third-order valence-corrected chi connectivity index (χ3v) is 4.28. The molecule has 100 valence electrons. The van der Waals surface area contributed by atoms with Gasteiger partial charge in [-0.3, -0.25) is 0 Å². The number of halogens is 1. The molecule has 0 spiro atoms. The number of benzene rings is 2. The van der Waals surface area contributed by atoms with E-state index in [9.17, 15) is 0 Å². The zero-order chi connectivity index (χ0) is 13.5. The fourth-order valence-electron chi connectivity index (χ4n) is 2.97. The first-order valence-electron chi connectivity index (χ1n) is 6.91. The Hall–Kier alpha value is -1.77. The Morgan fingerprint density at radius 1 is 0.950 bits per heavy atom. The summed E-state index contributed by atoms with van der Waals surface area (Å²) in [5.41, 5.74) is 6.47. The van der Waals surface area contributed by atoms with Gasteiger partial charge < -0.3 is 10.3 Å². The molecule has 0 radical (unpaired) electrons. The van der Waals surface area contributed by atoms with Gasteiger partial charge in [0.2, 0.25) is 0 Å². The van der Waals surface area contributed by atoms with E-state index in [0.717, 1.165) is 24.5 Å². The molecule has 2 N–H and O–H groups in total. The van der Waals surface area contributed by atoms with Crippen molar-refractivity contribution in [3.05, 3.63) is 58.7 Å². The molecule has 0 bridgehead atoms. The summed E-state index contributed by atoms with van der Waals surface area (Å²) >= 11 is 5.96. The molecule has 0 amide bonds. The molecule has 3 heteroatoms. The summed E-state index contributed by atoms with van der Waals surface area (Å²) < 4.78 is 0. The molecule has 0 saturated heterocycles. The summed E-state index contributed by atoms with van der Waals surface area (Å²) in [5.74, 6) is 0. The predicted octanol–water partition coefficient (Wildman–Crippen LogP) is 4.13. The first-order chi connectivity index (χ1) is 9.81. The van der Waals surface area contributed by atoms with Gasteiger partial charge in [-0.1, -0.05) is 29.8 Å². The van der Waals surface area contributed by atoms with Gasteiger partial charge in [0.1, 0.15) is 0 Å². The first kappa shape index (κ1) is 12.0. The van der Waals surface area contributed by atoms with Crippen LogP contribution in [0, 0.1) is 0 Å². The minimum Gasteiger partial charge on any atom is -0.358 e. The molecule has 0 unspecified atom stereocenters. The van der Waals surface area contributed by atoms with Crippen LogP contribution >= 0.6 is 11.6 Å². The molecule has 4 rings (SSSR count). The lowest BCUT2D eigenvalue weighted by atomic mass is 10.0. The Bertz CT molecular complexity index is 772. The molecule has 1 aromatic heterocycles. The normalized spacial score (nSPS) is 14.4. The van der Waals surface area contributed by atoms with Gasteiger partial charge in [0, 0.05) is 41.1 Å². The lowest BCUT2D eigenvalue weighted by Gasteiger charge is -2.12. The average molecular weight is 283 g/mol. The van der Waals surface area contributed by atoms with E-state index in [-0.39, 0.29) is 0 Å². The maximum Gasteiger partial charge on any atom is 0.0459 e. The number of hydrogen-bond donors (Lipinski definition) is 2. The highest BCUT2D eigenvalue weighted by Crippen LogP contribution is 2.30. The van der Waals surface area contributed by atoms with Gasteiger partial charge in [0.25, 0.3) is 0 Å². The molecule has 0 atom stereocenters. The summed E-state index contributed by atoms with van der Waals surface area (Å²) in [6.07, 6.45) is 1.08. The number of nitrogens with one attached hydrogen (secondary N) is 2. The Morgan fingerprint density at radius 2 is 1.75 bits per heavy atom. The van der Waals surface area contributed by atoms with Gasteiger partial charge in [-0.05, 0) is 41.0 Å². The minimum absolute atomic E-state index is 0.776. The topological polar surface area (TPSA) is 27.8 Å². The summed E-state index contributed by atoms with van der Waals surface area (Å²) in [6, 6.07) is 14.6. The van der Waals surface area contributed by atoms with Crippen LogP contribution in [0.5, 0.6) is 0 Å². The van der Waals surface area contributed by atoms with Gasteiger partial charge >= 0.3 is 0 Å². The molecule has 2 aromatic carbocycles. The van der Waals surface area contributed by atoms with Crippen LogP contribution in [-0.4, -0.2) is 11.5 Å². The van der Waals surface area contributed by atoms with Crippen molar-refractivity contribution < 1.29 is 0 Å². The van der Waals surface area contributed by atoms with Crippen molar-refractivity contribution in [2.45, 2.75) is 13.0 Å². The van der Waals surface area contributed by atoms with Crippen molar-refractivity contribution in [1.29, 1.82) is 0 Å². The van der Waals surface area contributed by atoms with Crippen LogP contribution in [0.15, 0.2) is 42.5 Å². The van der Waals surface area contributed by atoms with Gasteiger partial charge in [-0.2, -0.15) is 0 Å². The van der Waals surface area contributed by atoms with Crippen molar-refractivity contribution in [3.63, 3.8) is 0 Å². The van der Waals surface area contributed by atoms with Gasteiger partial charge in [0.15, 0.2) is 0 Å². The fourth-order valence-corrected chi connectivity index (χ4v) is 3.09. The third kappa shape index (κ3) is 1.92. The highest BCUT2D eigenvalue weighted by molar-refractivity contribution is 6.30. The largest absolute Gasteiger partial charge is 0.358 e. The Balaban J connectivity index is 1.87. The standard InChI is InChI=1S/C17H15ClN2/c18-13-4-1-11(2-5-13)12-3-6-16-14(9-12)15-10-19-8-7-17(15)20-16/h1-6,9,19-20H,7-8,10H2. The van der Waals surface area contributed by atoms with Gasteiger partial charge in [-0.15, -0.1) is 0 Å². The van der Waals surface area contributed by atoms with Crippen molar-refractivity contribution >= 4 is 22.5 Å². The summed E-state index contributed by atoms with van der Waals surface area (Å²) in [4.78, 5) is 3.54. The second kappa shape index (κ2) is 4.65. The predicted molar refractivity (Wildman–Crippen MR) is 84.2 cm³/mol. The van der Waals surface area contributed by atoms with E-state index >= 15 is 0 Å². The van der Waals surface area contributed by atoms with E-state index in [2.05, 4.69) is 40.6 Å². The van der Waals surface area contributed by atoms with Gasteiger partial charge in [0.05, 0.1) is 0 Å². The van der Waals surface area contributed by atoms with Crippen LogP contribution in [0.1, 0.15) is 11.3 Å². The van der Waals surface area contributed by atoms with E-state index in [4.69, 9.17) is 11.6 Å². The Kier molecular flexibility index (Phi) is 2.79. The molecule has 3 aromatic rings. The van der Waals surface area contributed by atoms with E-state index in [0.29, 0.717) is 0 Å². The van der Waals surface area contributed by atoms with E-state index in [1.807, 2.05) is 12.1 Å². The molecule has 1 aliphatic heterocycles. The monoisotopic (exact) mass is 282 g/mol.